The first kappa shape index (κ1) is 12.5. The van der Waals surface area contributed by atoms with E-state index in [1.807, 2.05) is 0 Å². The molecule has 1 aromatic heterocycles. The van der Waals surface area contributed by atoms with Crippen LogP contribution in [0.3, 0.4) is 0 Å². The van der Waals surface area contributed by atoms with Crippen LogP contribution in [0.1, 0.15) is 25.3 Å². The van der Waals surface area contributed by atoms with Crippen LogP contribution in [-0.4, -0.2) is 18.2 Å². The first-order chi connectivity index (χ1) is 7.14. The lowest BCUT2D eigenvalue weighted by Gasteiger charge is -2.22. The number of nitrogens with two attached hydrogens (primary N) is 1. The molecule has 86 valence electrons. The molecule has 1 aromatic rings. The standard InChI is InChI=1S/C9H17N2O3P/c1-3-13-15(12,14-4-2)9(10)8-6-5-7-11-8/h5-7,9,11H,3-4,10H2,1-2H3/t9-/m1/s1. The maximum Gasteiger partial charge on any atom is 0.353 e. The molecule has 1 atom stereocenters. The number of aromatic amines is 1. The van der Waals surface area contributed by atoms with Crippen LogP contribution in [0.2, 0.25) is 0 Å². The van der Waals surface area contributed by atoms with Crippen LogP contribution < -0.4 is 5.73 Å². The van der Waals surface area contributed by atoms with Crippen LogP contribution in [0.15, 0.2) is 18.3 Å². The fraction of sp³-hybridized carbons (Fsp3) is 0.556. The van der Waals surface area contributed by atoms with E-state index >= 15 is 0 Å². The fourth-order valence-corrected chi connectivity index (χ4v) is 2.87. The van der Waals surface area contributed by atoms with E-state index in [-0.39, 0.29) is 0 Å². The predicted octanol–water partition coefficient (Wildman–Crippen LogP) is 2.24. The normalized spacial score (nSPS) is 14.1. The summed E-state index contributed by atoms with van der Waals surface area (Å²) in [5.74, 6) is -0.757. The van der Waals surface area contributed by atoms with Gasteiger partial charge in [-0.3, -0.25) is 4.57 Å². The molecule has 0 fully saturated rings. The van der Waals surface area contributed by atoms with Gasteiger partial charge in [-0.05, 0) is 26.0 Å². The molecule has 0 saturated heterocycles. The molecule has 0 aliphatic rings. The molecule has 0 aromatic carbocycles. The maximum atomic E-state index is 12.2. The van der Waals surface area contributed by atoms with Crippen molar-refractivity contribution in [2.75, 3.05) is 13.2 Å². The highest BCUT2D eigenvalue weighted by atomic mass is 31.2. The molecule has 3 N–H and O–H groups in total. The minimum Gasteiger partial charge on any atom is -0.363 e. The van der Waals surface area contributed by atoms with Crippen molar-refractivity contribution in [2.24, 2.45) is 5.73 Å². The molecule has 1 heterocycles. The second-order valence-electron chi connectivity index (χ2n) is 2.95. The second kappa shape index (κ2) is 5.47. The third-order valence-corrected chi connectivity index (χ3v) is 4.10. The quantitative estimate of drug-likeness (QED) is 0.737. The van der Waals surface area contributed by atoms with Crippen molar-refractivity contribution in [3.8, 4) is 0 Å². The van der Waals surface area contributed by atoms with Crippen molar-refractivity contribution in [3.05, 3.63) is 24.0 Å². The minimum atomic E-state index is -3.25. The molecular weight excluding hydrogens is 215 g/mol. The lowest BCUT2D eigenvalue weighted by Crippen LogP contribution is -2.15. The SMILES string of the molecule is CCOP(=O)(OCC)[C@@H](N)c1ccc[nH]1. The Morgan fingerprint density at radius 1 is 1.47 bits per heavy atom. The van der Waals surface area contributed by atoms with Crippen molar-refractivity contribution in [1.82, 2.24) is 4.98 Å². The van der Waals surface area contributed by atoms with E-state index in [0.717, 1.165) is 0 Å². The van der Waals surface area contributed by atoms with Gasteiger partial charge < -0.3 is 19.8 Å². The van der Waals surface area contributed by atoms with Gasteiger partial charge in [-0.25, -0.2) is 0 Å². The Kier molecular flexibility index (Phi) is 4.54. The van der Waals surface area contributed by atoms with Crippen LogP contribution in [0, 0.1) is 0 Å². The summed E-state index contributed by atoms with van der Waals surface area (Å²) in [6.45, 7) is 4.14. The van der Waals surface area contributed by atoms with Gasteiger partial charge in [0.1, 0.15) is 5.78 Å². The topological polar surface area (TPSA) is 77.3 Å². The van der Waals surface area contributed by atoms with Gasteiger partial charge in [-0.1, -0.05) is 0 Å². The van der Waals surface area contributed by atoms with Crippen LogP contribution in [-0.2, 0) is 13.6 Å². The van der Waals surface area contributed by atoms with Crippen molar-refractivity contribution < 1.29 is 13.6 Å². The van der Waals surface area contributed by atoms with Crippen LogP contribution in [0.25, 0.3) is 0 Å². The molecule has 0 bridgehead atoms. The van der Waals surface area contributed by atoms with E-state index in [0.29, 0.717) is 18.9 Å². The number of hydrogen-bond acceptors (Lipinski definition) is 4. The number of rotatable bonds is 6. The largest absolute Gasteiger partial charge is 0.363 e. The van der Waals surface area contributed by atoms with Gasteiger partial charge in [0.25, 0.3) is 0 Å². The van der Waals surface area contributed by atoms with E-state index in [4.69, 9.17) is 14.8 Å². The molecular formula is C9H17N2O3P. The molecule has 0 aliphatic carbocycles. The van der Waals surface area contributed by atoms with E-state index in [2.05, 4.69) is 4.98 Å². The van der Waals surface area contributed by atoms with Gasteiger partial charge in [0, 0.05) is 11.9 Å². The third-order valence-electron chi connectivity index (χ3n) is 1.90. The molecule has 0 amide bonds. The molecule has 0 unspecified atom stereocenters. The zero-order valence-corrected chi connectivity index (χ0v) is 9.87. The molecule has 0 radical (unpaired) electrons. The van der Waals surface area contributed by atoms with E-state index in [9.17, 15) is 4.57 Å². The van der Waals surface area contributed by atoms with Crippen LogP contribution in [0.5, 0.6) is 0 Å². The first-order valence-corrected chi connectivity index (χ1v) is 6.53. The van der Waals surface area contributed by atoms with Crippen molar-refractivity contribution in [3.63, 3.8) is 0 Å². The first-order valence-electron chi connectivity index (χ1n) is 4.91. The average Bonchev–Trinajstić information content (AvgIpc) is 2.70. The van der Waals surface area contributed by atoms with Gasteiger partial charge in [-0.2, -0.15) is 0 Å². The highest BCUT2D eigenvalue weighted by Gasteiger charge is 2.34. The summed E-state index contributed by atoms with van der Waals surface area (Å²) in [5, 5.41) is 0. The highest BCUT2D eigenvalue weighted by Crippen LogP contribution is 2.57. The minimum absolute atomic E-state index is 0.311. The molecule has 0 saturated carbocycles. The lowest BCUT2D eigenvalue weighted by molar-refractivity contribution is 0.212. The molecule has 0 spiro atoms. The number of H-pyrrole nitrogens is 1. The van der Waals surface area contributed by atoms with Crippen molar-refractivity contribution >= 4 is 7.60 Å². The molecule has 1 rings (SSSR count). The summed E-state index contributed by atoms with van der Waals surface area (Å²) in [4.78, 5) is 2.90. The average molecular weight is 232 g/mol. The Morgan fingerprint density at radius 2 is 2.07 bits per heavy atom. The van der Waals surface area contributed by atoms with Gasteiger partial charge in [0.05, 0.1) is 13.2 Å². The van der Waals surface area contributed by atoms with Gasteiger partial charge in [0.15, 0.2) is 0 Å². The summed E-state index contributed by atoms with van der Waals surface area (Å²) in [5.41, 5.74) is 6.50. The Hall–Kier alpha value is -0.610. The van der Waals surface area contributed by atoms with E-state index in [1.54, 1.807) is 32.2 Å². The number of nitrogens with one attached hydrogen (secondary N) is 1. The summed E-state index contributed by atoms with van der Waals surface area (Å²) >= 11 is 0. The highest BCUT2D eigenvalue weighted by molar-refractivity contribution is 7.54. The zero-order chi connectivity index (χ0) is 11.3. The number of aromatic nitrogens is 1. The second-order valence-corrected chi connectivity index (χ2v) is 5.10. The number of hydrogen-bond donors (Lipinski definition) is 2. The molecule has 0 aliphatic heterocycles. The fourth-order valence-electron chi connectivity index (χ4n) is 1.26. The van der Waals surface area contributed by atoms with E-state index in [1.165, 1.54) is 0 Å². The van der Waals surface area contributed by atoms with Gasteiger partial charge in [0.2, 0.25) is 0 Å². The van der Waals surface area contributed by atoms with Gasteiger partial charge >= 0.3 is 7.60 Å². The summed E-state index contributed by atoms with van der Waals surface area (Å²) in [6.07, 6.45) is 1.72. The summed E-state index contributed by atoms with van der Waals surface area (Å²) in [7, 11) is -3.25. The smallest absolute Gasteiger partial charge is 0.353 e. The molecule has 6 heteroatoms. The Balaban J connectivity index is 2.84. The third kappa shape index (κ3) is 2.92. The lowest BCUT2D eigenvalue weighted by atomic mass is 10.4. The Morgan fingerprint density at radius 3 is 2.47 bits per heavy atom. The van der Waals surface area contributed by atoms with Crippen molar-refractivity contribution in [2.45, 2.75) is 19.6 Å². The van der Waals surface area contributed by atoms with E-state index < -0.39 is 13.4 Å². The Labute approximate surface area is 89.5 Å². The molecule has 5 nitrogen and oxygen atoms in total. The molecule has 15 heavy (non-hydrogen) atoms. The summed E-state index contributed by atoms with van der Waals surface area (Å²) in [6, 6.07) is 3.55. The van der Waals surface area contributed by atoms with Crippen molar-refractivity contribution in [1.29, 1.82) is 0 Å². The summed E-state index contributed by atoms with van der Waals surface area (Å²) < 4.78 is 22.5. The van der Waals surface area contributed by atoms with Gasteiger partial charge in [-0.15, -0.1) is 0 Å². The Bertz CT molecular complexity index is 316. The zero-order valence-electron chi connectivity index (χ0n) is 8.97. The maximum absolute atomic E-state index is 12.2. The monoisotopic (exact) mass is 232 g/mol. The van der Waals surface area contributed by atoms with Crippen LogP contribution in [0.4, 0.5) is 0 Å². The van der Waals surface area contributed by atoms with Crippen LogP contribution >= 0.6 is 7.60 Å². The predicted molar refractivity (Wildman–Crippen MR) is 58.6 cm³/mol.